The molecule has 152 valence electrons. The van der Waals surface area contributed by atoms with Gasteiger partial charge in [0.1, 0.15) is 0 Å². The summed E-state index contributed by atoms with van der Waals surface area (Å²) >= 11 is 0. The number of hydrogen-bond donors (Lipinski definition) is 1. The lowest BCUT2D eigenvalue weighted by Crippen LogP contribution is -2.46. The first kappa shape index (κ1) is 20.5. The van der Waals surface area contributed by atoms with Crippen LogP contribution in [-0.2, 0) is 9.59 Å². The third-order valence-corrected chi connectivity index (χ3v) is 5.08. The van der Waals surface area contributed by atoms with Gasteiger partial charge < -0.3 is 25.0 Å². The molecule has 0 unspecified atom stereocenters. The molecule has 6 nitrogen and oxygen atoms in total. The zero-order chi connectivity index (χ0) is 20.8. The van der Waals surface area contributed by atoms with E-state index in [1.54, 1.807) is 0 Å². The molecule has 0 aromatic heterocycles. The number of carboxylic acid groups (broad SMARTS) is 1. The van der Waals surface area contributed by atoms with Gasteiger partial charge in [0.15, 0.2) is 0 Å². The summed E-state index contributed by atoms with van der Waals surface area (Å²) in [6.07, 6.45) is 1.65. The summed E-state index contributed by atoms with van der Waals surface area (Å²) < 4.78 is 0. The van der Waals surface area contributed by atoms with Crippen LogP contribution in [0.5, 0.6) is 0 Å². The van der Waals surface area contributed by atoms with Crippen LogP contribution in [-0.4, -0.2) is 38.1 Å². The fourth-order valence-corrected chi connectivity index (χ4v) is 3.38. The van der Waals surface area contributed by atoms with Crippen molar-refractivity contribution in [3.8, 4) is 0 Å². The summed E-state index contributed by atoms with van der Waals surface area (Å²) in [6, 6.07) is 16.4. The Hall–Kier alpha value is -3.28. The minimum absolute atomic E-state index is 0.501. The van der Waals surface area contributed by atoms with Crippen LogP contribution in [0.25, 0.3) is 0 Å². The SMILES string of the molecule is CC(C)c1ccc(N2CCN(c3ccc(NC(=O)/C=C\C(=O)[O-])cc3)CC2)cc1. The number of nitrogens with one attached hydrogen (secondary N) is 1. The van der Waals surface area contributed by atoms with Gasteiger partial charge in [-0.15, -0.1) is 0 Å². The first-order chi connectivity index (χ1) is 13.9. The van der Waals surface area contributed by atoms with Crippen molar-refractivity contribution in [1.82, 2.24) is 0 Å². The Kier molecular flexibility index (Phi) is 6.54. The molecule has 0 atom stereocenters. The molecule has 2 aromatic rings. The molecular weight excluding hydrogens is 366 g/mol. The average Bonchev–Trinajstić information content (AvgIpc) is 2.73. The van der Waals surface area contributed by atoms with E-state index in [1.165, 1.54) is 11.3 Å². The lowest BCUT2D eigenvalue weighted by atomic mass is 10.0. The lowest BCUT2D eigenvalue weighted by molar-refractivity contribution is -0.297. The van der Waals surface area contributed by atoms with E-state index in [1.807, 2.05) is 24.3 Å². The maximum absolute atomic E-state index is 11.6. The summed E-state index contributed by atoms with van der Waals surface area (Å²) in [6.45, 7) is 8.16. The molecule has 3 rings (SSSR count). The third kappa shape index (κ3) is 5.60. The van der Waals surface area contributed by atoms with Gasteiger partial charge in [-0.1, -0.05) is 26.0 Å². The van der Waals surface area contributed by atoms with E-state index in [2.05, 4.69) is 53.2 Å². The molecule has 1 saturated heterocycles. The number of carbonyl (C=O) groups excluding carboxylic acids is 2. The second kappa shape index (κ2) is 9.28. The van der Waals surface area contributed by atoms with E-state index in [0.717, 1.165) is 37.9 Å². The molecule has 29 heavy (non-hydrogen) atoms. The minimum Gasteiger partial charge on any atom is -0.545 e. The van der Waals surface area contributed by atoms with E-state index in [-0.39, 0.29) is 0 Å². The van der Waals surface area contributed by atoms with Gasteiger partial charge in [0.2, 0.25) is 5.91 Å². The van der Waals surface area contributed by atoms with Crippen LogP contribution < -0.4 is 20.2 Å². The van der Waals surface area contributed by atoms with E-state index < -0.39 is 11.9 Å². The normalized spacial score (nSPS) is 14.4. The Labute approximate surface area is 171 Å². The number of carboxylic acids is 1. The quantitative estimate of drug-likeness (QED) is 0.764. The van der Waals surface area contributed by atoms with Crippen molar-refractivity contribution in [2.24, 2.45) is 0 Å². The first-order valence-corrected chi connectivity index (χ1v) is 9.82. The molecule has 1 fully saturated rings. The largest absolute Gasteiger partial charge is 0.545 e. The summed E-state index contributed by atoms with van der Waals surface area (Å²) in [5, 5.41) is 13.0. The molecule has 0 radical (unpaired) electrons. The first-order valence-electron chi connectivity index (χ1n) is 9.82. The summed E-state index contributed by atoms with van der Waals surface area (Å²) in [5.74, 6) is -1.36. The summed E-state index contributed by atoms with van der Waals surface area (Å²) in [5.41, 5.74) is 4.33. The van der Waals surface area contributed by atoms with Crippen molar-refractivity contribution in [1.29, 1.82) is 0 Å². The van der Waals surface area contributed by atoms with Crippen molar-refractivity contribution in [3.63, 3.8) is 0 Å². The second-order valence-corrected chi connectivity index (χ2v) is 7.41. The van der Waals surface area contributed by atoms with Crippen LogP contribution in [0, 0.1) is 0 Å². The van der Waals surface area contributed by atoms with Gasteiger partial charge >= 0.3 is 0 Å². The van der Waals surface area contributed by atoms with Crippen molar-refractivity contribution in [2.45, 2.75) is 19.8 Å². The highest BCUT2D eigenvalue weighted by atomic mass is 16.4. The molecule has 1 amide bonds. The Morgan fingerprint density at radius 2 is 1.34 bits per heavy atom. The minimum atomic E-state index is -1.40. The molecular formula is C23H26N3O3-. The van der Waals surface area contributed by atoms with Gasteiger partial charge in [-0.05, 0) is 54.0 Å². The van der Waals surface area contributed by atoms with Gasteiger partial charge in [0.05, 0.1) is 5.97 Å². The van der Waals surface area contributed by atoms with Gasteiger partial charge in [-0.3, -0.25) is 4.79 Å². The smallest absolute Gasteiger partial charge is 0.248 e. The Morgan fingerprint density at radius 3 is 1.79 bits per heavy atom. The van der Waals surface area contributed by atoms with E-state index in [9.17, 15) is 14.7 Å². The third-order valence-electron chi connectivity index (χ3n) is 5.08. The fourth-order valence-electron chi connectivity index (χ4n) is 3.38. The molecule has 2 aromatic carbocycles. The molecule has 1 aliphatic rings. The van der Waals surface area contributed by atoms with Crippen LogP contribution >= 0.6 is 0 Å². The zero-order valence-corrected chi connectivity index (χ0v) is 16.8. The number of benzene rings is 2. The van der Waals surface area contributed by atoms with Crippen LogP contribution in [0.1, 0.15) is 25.3 Å². The van der Waals surface area contributed by atoms with Gasteiger partial charge in [-0.2, -0.15) is 0 Å². The second-order valence-electron chi connectivity index (χ2n) is 7.41. The monoisotopic (exact) mass is 392 g/mol. The number of nitrogens with zero attached hydrogens (tertiary/aromatic N) is 2. The number of rotatable bonds is 6. The molecule has 1 aliphatic heterocycles. The number of carbonyl (C=O) groups is 2. The lowest BCUT2D eigenvalue weighted by Gasteiger charge is -2.37. The predicted molar refractivity (Wildman–Crippen MR) is 114 cm³/mol. The number of hydrogen-bond acceptors (Lipinski definition) is 5. The maximum Gasteiger partial charge on any atom is 0.248 e. The van der Waals surface area contributed by atoms with Gasteiger partial charge in [-0.25, -0.2) is 0 Å². The van der Waals surface area contributed by atoms with Crippen molar-refractivity contribution >= 4 is 28.9 Å². The average molecular weight is 392 g/mol. The topological polar surface area (TPSA) is 75.7 Å². The van der Waals surface area contributed by atoms with Crippen LogP contribution in [0.2, 0.25) is 0 Å². The highest BCUT2D eigenvalue weighted by molar-refractivity contribution is 6.02. The molecule has 6 heteroatoms. The fraction of sp³-hybridized carbons (Fsp3) is 0.304. The molecule has 0 bridgehead atoms. The number of amides is 1. The highest BCUT2D eigenvalue weighted by Gasteiger charge is 2.17. The molecule has 0 aliphatic carbocycles. The van der Waals surface area contributed by atoms with Crippen LogP contribution in [0.4, 0.5) is 17.1 Å². The van der Waals surface area contributed by atoms with Crippen molar-refractivity contribution < 1.29 is 14.7 Å². The zero-order valence-electron chi connectivity index (χ0n) is 16.8. The van der Waals surface area contributed by atoms with Gasteiger partial charge in [0.25, 0.3) is 0 Å². The van der Waals surface area contributed by atoms with Gasteiger partial charge in [0, 0.05) is 49.3 Å². The Morgan fingerprint density at radius 1 is 0.862 bits per heavy atom. The van der Waals surface area contributed by atoms with Crippen molar-refractivity contribution in [3.05, 3.63) is 66.2 Å². The van der Waals surface area contributed by atoms with Crippen LogP contribution in [0.3, 0.4) is 0 Å². The summed E-state index contributed by atoms with van der Waals surface area (Å²) in [4.78, 5) is 26.7. The van der Waals surface area contributed by atoms with E-state index in [4.69, 9.17) is 0 Å². The molecule has 0 spiro atoms. The molecule has 1 heterocycles. The number of aliphatic carboxylic acids is 1. The molecule has 0 saturated carbocycles. The van der Waals surface area contributed by atoms with Crippen LogP contribution in [0.15, 0.2) is 60.7 Å². The highest BCUT2D eigenvalue weighted by Crippen LogP contribution is 2.24. The number of piperazine rings is 1. The van der Waals surface area contributed by atoms with Crippen molar-refractivity contribution in [2.75, 3.05) is 41.3 Å². The Balaban J connectivity index is 1.54. The Bertz CT molecular complexity index is 865. The van der Waals surface area contributed by atoms with E-state index in [0.29, 0.717) is 17.7 Å². The van der Waals surface area contributed by atoms with E-state index >= 15 is 0 Å². The predicted octanol–water partition coefficient (Wildman–Crippen LogP) is 2.38. The summed E-state index contributed by atoms with van der Waals surface area (Å²) in [7, 11) is 0. The standard InChI is InChI=1S/C23H27N3O3/c1-17(2)18-3-7-20(8-4-18)25-13-15-26(16-14-25)21-9-5-19(6-10-21)24-22(27)11-12-23(28)29/h3-12,17H,13-16H2,1-2H3,(H,24,27)(H,28,29)/p-1/b12-11-. The molecule has 1 N–H and O–H groups in total. The number of anilines is 3. The maximum atomic E-state index is 11.6.